The molecule has 0 aliphatic carbocycles. The summed E-state index contributed by atoms with van der Waals surface area (Å²) in [6, 6.07) is 16.4. The summed E-state index contributed by atoms with van der Waals surface area (Å²) in [5, 5.41) is 0.101. The maximum Gasteiger partial charge on any atom is 0.193 e. The van der Waals surface area contributed by atoms with Crippen LogP contribution >= 0.6 is 11.8 Å². The molecule has 19 heavy (non-hydrogen) atoms. The van der Waals surface area contributed by atoms with Crippen molar-refractivity contribution in [1.82, 2.24) is 0 Å². The van der Waals surface area contributed by atoms with E-state index in [4.69, 9.17) is 0 Å². The van der Waals surface area contributed by atoms with Crippen LogP contribution in [-0.2, 0) is 11.2 Å². The van der Waals surface area contributed by atoms with Gasteiger partial charge in [0.15, 0.2) is 10.9 Å². The molecule has 0 atom stereocenters. The first-order valence-electron chi connectivity index (χ1n) is 5.96. The third-order valence-corrected chi connectivity index (χ3v) is 3.40. The minimum Gasteiger partial charge on any atom is -0.289 e. The molecule has 2 aromatic rings. The van der Waals surface area contributed by atoms with Crippen molar-refractivity contribution >= 4 is 22.7 Å². The van der Waals surface area contributed by atoms with Crippen molar-refractivity contribution in [3.05, 3.63) is 71.3 Å². The molecule has 0 saturated heterocycles. The summed E-state index contributed by atoms with van der Waals surface area (Å²) in [6.07, 6.45) is 2.12. The average molecular weight is 270 g/mol. The molecule has 0 amide bonds. The quantitative estimate of drug-likeness (QED) is 0.799. The molecular formula is C16H14O2S. The van der Waals surface area contributed by atoms with Gasteiger partial charge < -0.3 is 0 Å². The molecule has 0 radical (unpaired) electrons. The minimum atomic E-state index is -0.0148. The van der Waals surface area contributed by atoms with Crippen molar-refractivity contribution in [2.24, 2.45) is 0 Å². The molecule has 0 aliphatic heterocycles. The van der Waals surface area contributed by atoms with E-state index >= 15 is 0 Å². The Morgan fingerprint density at radius 1 is 0.947 bits per heavy atom. The van der Waals surface area contributed by atoms with Gasteiger partial charge in [0.05, 0.1) is 0 Å². The van der Waals surface area contributed by atoms with E-state index in [1.54, 1.807) is 30.5 Å². The van der Waals surface area contributed by atoms with Gasteiger partial charge in [-0.05, 0) is 17.9 Å². The molecule has 2 aromatic carbocycles. The summed E-state index contributed by atoms with van der Waals surface area (Å²) in [6.45, 7) is 0. The van der Waals surface area contributed by atoms with Crippen molar-refractivity contribution in [2.75, 3.05) is 6.26 Å². The first kappa shape index (κ1) is 13.6. The summed E-state index contributed by atoms with van der Waals surface area (Å²) in [4.78, 5) is 23.7. The highest BCUT2D eigenvalue weighted by atomic mass is 32.2. The van der Waals surface area contributed by atoms with Gasteiger partial charge in [0.25, 0.3) is 0 Å². The lowest BCUT2D eigenvalue weighted by atomic mass is 10.0. The van der Waals surface area contributed by atoms with Crippen LogP contribution in [0.1, 0.15) is 21.5 Å². The standard InChI is InChI=1S/C16H14O2S/c1-19-15(17)11-12-6-5-9-14(10-12)16(18)13-7-3-2-4-8-13/h2-10H,11H2,1H3. The van der Waals surface area contributed by atoms with Crippen molar-refractivity contribution in [2.45, 2.75) is 6.42 Å². The topological polar surface area (TPSA) is 34.1 Å². The number of hydrogen-bond acceptors (Lipinski definition) is 3. The van der Waals surface area contributed by atoms with E-state index in [0.29, 0.717) is 17.5 Å². The molecule has 0 aromatic heterocycles. The zero-order valence-corrected chi connectivity index (χ0v) is 11.4. The first-order chi connectivity index (χ1) is 9.20. The normalized spacial score (nSPS) is 10.2. The summed E-state index contributed by atoms with van der Waals surface area (Å²) in [7, 11) is 0. The maximum atomic E-state index is 12.3. The second-order valence-electron chi connectivity index (χ2n) is 4.15. The minimum absolute atomic E-state index is 0.0148. The fraction of sp³-hybridized carbons (Fsp3) is 0.125. The average Bonchev–Trinajstić information content (AvgIpc) is 2.47. The van der Waals surface area contributed by atoms with Gasteiger partial charge in [0.2, 0.25) is 0 Å². The smallest absolute Gasteiger partial charge is 0.193 e. The monoisotopic (exact) mass is 270 g/mol. The summed E-state index contributed by atoms with van der Waals surface area (Å²) in [5.74, 6) is -0.0148. The number of carbonyl (C=O) groups is 2. The lowest BCUT2D eigenvalue weighted by Crippen LogP contribution is -2.03. The number of ketones is 1. The number of rotatable bonds is 4. The third kappa shape index (κ3) is 3.55. The van der Waals surface area contributed by atoms with E-state index < -0.39 is 0 Å². The second-order valence-corrected chi connectivity index (χ2v) is 5.01. The largest absolute Gasteiger partial charge is 0.289 e. The highest BCUT2D eigenvalue weighted by Crippen LogP contribution is 2.13. The Kier molecular flexibility index (Phi) is 4.53. The molecule has 0 N–H and O–H groups in total. The third-order valence-electron chi connectivity index (χ3n) is 2.80. The molecule has 0 heterocycles. The van der Waals surface area contributed by atoms with Crippen molar-refractivity contribution in [3.8, 4) is 0 Å². The predicted molar refractivity (Wildman–Crippen MR) is 78.5 cm³/mol. The van der Waals surface area contributed by atoms with Crippen LogP contribution in [0.5, 0.6) is 0 Å². The molecule has 3 heteroatoms. The highest BCUT2D eigenvalue weighted by Gasteiger charge is 2.10. The molecule has 0 bridgehead atoms. The zero-order chi connectivity index (χ0) is 13.7. The molecule has 2 rings (SSSR count). The van der Waals surface area contributed by atoms with Crippen molar-refractivity contribution in [1.29, 1.82) is 0 Å². The van der Waals surface area contributed by atoms with E-state index in [0.717, 1.165) is 5.56 Å². The van der Waals surface area contributed by atoms with E-state index in [9.17, 15) is 9.59 Å². The van der Waals surface area contributed by atoms with E-state index in [2.05, 4.69) is 0 Å². The molecule has 0 spiro atoms. The summed E-state index contributed by atoms with van der Waals surface area (Å²) < 4.78 is 0. The van der Waals surface area contributed by atoms with Crippen LogP contribution in [-0.4, -0.2) is 17.2 Å². The number of benzene rings is 2. The van der Waals surface area contributed by atoms with Gasteiger partial charge in [-0.1, -0.05) is 60.3 Å². The van der Waals surface area contributed by atoms with E-state index in [-0.39, 0.29) is 10.9 Å². The Bertz CT molecular complexity index is 591. The fourth-order valence-electron chi connectivity index (χ4n) is 1.82. The number of hydrogen-bond donors (Lipinski definition) is 0. The Hall–Kier alpha value is -1.87. The van der Waals surface area contributed by atoms with Crippen LogP contribution in [0.4, 0.5) is 0 Å². The Labute approximate surface area is 116 Å². The predicted octanol–water partition coefficient (Wildman–Crippen LogP) is 3.35. The second kappa shape index (κ2) is 6.34. The van der Waals surface area contributed by atoms with Gasteiger partial charge in [-0.3, -0.25) is 9.59 Å². The van der Waals surface area contributed by atoms with Gasteiger partial charge in [0, 0.05) is 17.5 Å². The molecular weight excluding hydrogens is 256 g/mol. The summed E-state index contributed by atoms with van der Waals surface area (Å²) in [5.41, 5.74) is 2.16. The molecule has 0 saturated carbocycles. The zero-order valence-electron chi connectivity index (χ0n) is 10.6. The fourth-order valence-corrected chi connectivity index (χ4v) is 2.13. The lowest BCUT2D eigenvalue weighted by Gasteiger charge is -2.04. The number of carbonyl (C=O) groups excluding carboxylic acids is 2. The first-order valence-corrected chi connectivity index (χ1v) is 7.18. The van der Waals surface area contributed by atoms with Crippen LogP contribution < -0.4 is 0 Å². The van der Waals surface area contributed by atoms with E-state index in [1.807, 2.05) is 30.3 Å². The lowest BCUT2D eigenvalue weighted by molar-refractivity contribution is -0.110. The molecule has 0 fully saturated rings. The van der Waals surface area contributed by atoms with Crippen LogP contribution in [0.2, 0.25) is 0 Å². The van der Waals surface area contributed by atoms with Crippen LogP contribution in [0.3, 0.4) is 0 Å². The molecule has 96 valence electrons. The van der Waals surface area contributed by atoms with Crippen LogP contribution in [0.25, 0.3) is 0 Å². The Balaban J connectivity index is 2.24. The molecule has 0 unspecified atom stereocenters. The van der Waals surface area contributed by atoms with Crippen molar-refractivity contribution in [3.63, 3.8) is 0 Å². The van der Waals surface area contributed by atoms with E-state index in [1.165, 1.54) is 11.8 Å². The Morgan fingerprint density at radius 2 is 1.63 bits per heavy atom. The van der Waals surface area contributed by atoms with Crippen LogP contribution in [0.15, 0.2) is 54.6 Å². The Morgan fingerprint density at radius 3 is 2.32 bits per heavy atom. The maximum absolute atomic E-state index is 12.3. The summed E-state index contributed by atoms with van der Waals surface area (Å²) >= 11 is 1.21. The molecule has 0 aliphatic rings. The van der Waals surface area contributed by atoms with Crippen LogP contribution in [0, 0.1) is 0 Å². The molecule has 2 nitrogen and oxygen atoms in total. The van der Waals surface area contributed by atoms with Gasteiger partial charge in [-0.2, -0.15) is 0 Å². The SMILES string of the molecule is CSC(=O)Cc1cccc(C(=O)c2ccccc2)c1. The van der Waals surface area contributed by atoms with Crippen molar-refractivity contribution < 1.29 is 9.59 Å². The number of thioether (sulfide) groups is 1. The van der Waals surface area contributed by atoms with Gasteiger partial charge >= 0.3 is 0 Å². The highest BCUT2D eigenvalue weighted by molar-refractivity contribution is 8.13. The van der Waals surface area contributed by atoms with Gasteiger partial charge in [-0.25, -0.2) is 0 Å². The van der Waals surface area contributed by atoms with Gasteiger partial charge in [0.1, 0.15) is 0 Å². The van der Waals surface area contributed by atoms with Gasteiger partial charge in [-0.15, -0.1) is 0 Å².